The van der Waals surface area contributed by atoms with Crippen LogP contribution in [0.15, 0.2) is 0 Å². The zero-order valence-electron chi connectivity index (χ0n) is 9.36. The van der Waals surface area contributed by atoms with Crippen LogP contribution in [0.2, 0.25) is 0 Å². The predicted octanol–water partition coefficient (Wildman–Crippen LogP) is -1.16. The molecular formula is C10H14N2O4. The van der Waals surface area contributed by atoms with Crippen molar-refractivity contribution in [1.82, 2.24) is 9.80 Å². The van der Waals surface area contributed by atoms with E-state index in [4.69, 9.17) is 0 Å². The van der Waals surface area contributed by atoms with Crippen molar-refractivity contribution in [3.8, 4) is 0 Å². The SMILES string of the molecule is CC(=O)N1CC(=O)CN(C(C)=O)CC(=O)C1. The first-order valence-corrected chi connectivity index (χ1v) is 4.94. The van der Waals surface area contributed by atoms with Crippen molar-refractivity contribution in [2.75, 3.05) is 26.2 Å². The molecule has 1 aliphatic heterocycles. The molecule has 1 aliphatic rings. The molecule has 0 aromatic rings. The summed E-state index contributed by atoms with van der Waals surface area (Å²) in [7, 11) is 0. The van der Waals surface area contributed by atoms with Gasteiger partial charge in [0.2, 0.25) is 11.8 Å². The molecule has 1 fully saturated rings. The first kappa shape index (κ1) is 12.4. The van der Waals surface area contributed by atoms with E-state index >= 15 is 0 Å². The van der Waals surface area contributed by atoms with Crippen LogP contribution in [-0.2, 0) is 19.2 Å². The Labute approximate surface area is 93.2 Å². The summed E-state index contributed by atoms with van der Waals surface area (Å²) in [4.78, 5) is 47.6. The topological polar surface area (TPSA) is 74.8 Å². The molecule has 0 aromatic carbocycles. The van der Waals surface area contributed by atoms with E-state index in [2.05, 4.69) is 0 Å². The second-order valence-electron chi connectivity index (χ2n) is 3.83. The van der Waals surface area contributed by atoms with Gasteiger partial charge in [-0.15, -0.1) is 0 Å². The maximum absolute atomic E-state index is 11.5. The van der Waals surface area contributed by atoms with Gasteiger partial charge in [-0.05, 0) is 0 Å². The minimum atomic E-state index is -0.307. The Bertz CT molecular complexity index is 301. The molecule has 0 bridgehead atoms. The highest BCUT2D eigenvalue weighted by atomic mass is 16.2. The fourth-order valence-corrected chi connectivity index (χ4v) is 1.51. The summed E-state index contributed by atoms with van der Waals surface area (Å²) in [6.45, 7) is 2.20. The predicted molar refractivity (Wildman–Crippen MR) is 54.5 cm³/mol. The van der Waals surface area contributed by atoms with Crippen LogP contribution < -0.4 is 0 Å². The number of amides is 2. The molecule has 88 valence electrons. The van der Waals surface area contributed by atoms with E-state index in [1.165, 1.54) is 23.6 Å². The third kappa shape index (κ3) is 3.15. The molecule has 0 aliphatic carbocycles. The molecule has 0 unspecified atom stereocenters. The van der Waals surface area contributed by atoms with E-state index in [1.54, 1.807) is 0 Å². The monoisotopic (exact) mass is 226 g/mol. The van der Waals surface area contributed by atoms with Crippen molar-refractivity contribution < 1.29 is 19.2 Å². The van der Waals surface area contributed by atoms with Gasteiger partial charge in [0.15, 0.2) is 11.6 Å². The molecule has 0 aromatic heterocycles. The number of carbonyl (C=O) groups is 4. The molecule has 1 heterocycles. The molecule has 0 saturated carbocycles. The minimum absolute atomic E-state index is 0.106. The Morgan fingerprint density at radius 3 is 1.25 bits per heavy atom. The fraction of sp³-hybridized carbons (Fsp3) is 0.600. The van der Waals surface area contributed by atoms with Crippen LogP contribution in [0.5, 0.6) is 0 Å². The van der Waals surface area contributed by atoms with Gasteiger partial charge in [-0.3, -0.25) is 19.2 Å². The lowest BCUT2D eigenvalue weighted by Crippen LogP contribution is -2.49. The average molecular weight is 226 g/mol. The summed E-state index contributed by atoms with van der Waals surface area (Å²) in [6.07, 6.45) is 0. The van der Waals surface area contributed by atoms with Gasteiger partial charge in [-0.1, -0.05) is 0 Å². The van der Waals surface area contributed by atoms with Crippen molar-refractivity contribution in [3.63, 3.8) is 0 Å². The maximum atomic E-state index is 11.5. The number of ketones is 2. The number of Topliss-reactive ketones (excluding diaryl/α,β-unsaturated/α-hetero) is 2. The number of hydrogen-bond donors (Lipinski definition) is 0. The normalized spacial score (nSPS) is 18.1. The third-order valence-corrected chi connectivity index (χ3v) is 2.36. The van der Waals surface area contributed by atoms with Crippen molar-refractivity contribution in [3.05, 3.63) is 0 Å². The summed E-state index contributed by atoms with van der Waals surface area (Å²) in [5, 5.41) is 0. The highest BCUT2D eigenvalue weighted by Crippen LogP contribution is 2.00. The van der Waals surface area contributed by atoms with E-state index in [-0.39, 0.29) is 49.6 Å². The smallest absolute Gasteiger partial charge is 0.220 e. The Hall–Kier alpha value is -1.72. The van der Waals surface area contributed by atoms with Crippen molar-refractivity contribution in [2.24, 2.45) is 0 Å². The standard InChI is InChI=1S/C10H14N2O4/c1-7(13)11-3-9(15)5-12(8(2)14)6-10(16)4-11/h3-6H2,1-2H3. The van der Waals surface area contributed by atoms with Crippen LogP contribution in [0.25, 0.3) is 0 Å². The van der Waals surface area contributed by atoms with E-state index in [9.17, 15) is 19.2 Å². The first-order chi connectivity index (χ1) is 7.40. The molecule has 1 rings (SSSR count). The number of carbonyl (C=O) groups excluding carboxylic acids is 4. The Balaban J connectivity index is 2.78. The molecule has 6 heteroatoms. The summed E-state index contributed by atoms with van der Waals surface area (Å²) in [5.41, 5.74) is 0. The quantitative estimate of drug-likeness (QED) is 0.522. The van der Waals surface area contributed by atoms with Crippen LogP contribution in [0.3, 0.4) is 0 Å². The van der Waals surface area contributed by atoms with Crippen molar-refractivity contribution in [1.29, 1.82) is 0 Å². The zero-order valence-corrected chi connectivity index (χ0v) is 9.36. The van der Waals surface area contributed by atoms with Crippen LogP contribution >= 0.6 is 0 Å². The highest BCUT2D eigenvalue weighted by molar-refractivity contribution is 5.95. The lowest BCUT2D eigenvalue weighted by atomic mass is 10.2. The largest absolute Gasteiger partial charge is 0.328 e. The third-order valence-electron chi connectivity index (χ3n) is 2.36. The second kappa shape index (κ2) is 4.87. The van der Waals surface area contributed by atoms with Gasteiger partial charge < -0.3 is 9.80 Å². The van der Waals surface area contributed by atoms with Crippen molar-refractivity contribution >= 4 is 23.4 Å². The maximum Gasteiger partial charge on any atom is 0.220 e. The molecular weight excluding hydrogens is 212 g/mol. The molecule has 16 heavy (non-hydrogen) atoms. The fourth-order valence-electron chi connectivity index (χ4n) is 1.51. The second-order valence-corrected chi connectivity index (χ2v) is 3.83. The van der Waals surface area contributed by atoms with Gasteiger partial charge in [0.1, 0.15) is 0 Å². The van der Waals surface area contributed by atoms with Crippen molar-refractivity contribution in [2.45, 2.75) is 13.8 Å². The lowest BCUT2D eigenvalue weighted by molar-refractivity contribution is -0.143. The number of rotatable bonds is 0. The molecule has 0 radical (unpaired) electrons. The summed E-state index contributed by atoms with van der Waals surface area (Å²) in [5.74, 6) is -1.09. The Morgan fingerprint density at radius 1 is 0.812 bits per heavy atom. The summed E-state index contributed by atoms with van der Waals surface area (Å²) in [6, 6.07) is 0. The molecule has 0 atom stereocenters. The summed E-state index contributed by atoms with van der Waals surface area (Å²) >= 11 is 0. The van der Waals surface area contributed by atoms with E-state index in [0.717, 1.165) is 0 Å². The minimum Gasteiger partial charge on any atom is -0.328 e. The van der Waals surface area contributed by atoms with Gasteiger partial charge in [0, 0.05) is 13.8 Å². The molecule has 1 saturated heterocycles. The Kier molecular flexibility index (Phi) is 3.76. The van der Waals surface area contributed by atoms with Crippen LogP contribution in [0, 0.1) is 0 Å². The number of nitrogens with zero attached hydrogens (tertiary/aromatic N) is 2. The number of hydrogen-bond acceptors (Lipinski definition) is 4. The molecule has 6 nitrogen and oxygen atoms in total. The van der Waals surface area contributed by atoms with Gasteiger partial charge >= 0.3 is 0 Å². The van der Waals surface area contributed by atoms with E-state index in [1.807, 2.05) is 0 Å². The van der Waals surface area contributed by atoms with Gasteiger partial charge in [-0.25, -0.2) is 0 Å². The van der Waals surface area contributed by atoms with Crippen LogP contribution in [0.4, 0.5) is 0 Å². The van der Waals surface area contributed by atoms with Gasteiger partial charge in [0.25, 0.3) is 0 Å². The van der Waals surface area contributed by atoms with E-state index < -0.39 is 0 Å². The van der Waals surface area contributed by atoms with Crippen LogP contribution in [0.1, 0.15) is 13.8 Å². The summed E-state index contributed by atoms with van der Waals surface area (Å²) < 4.78 is 0. The Morgan fingerprint density at radius 2 is 1.06 bits per heavy atom. The zero-order chi connectivity index (χ0) is 12.3. The average Bonchev–Trinajstić information content (AvgIpc) is 2.12. The van der Waals surface area contributed by atoms with Crippen LogP contribution in [-0.4, -0.2) is 59.4 Å². The van der Waals surface area contributed by atoms with Gasteiger partial charge in [0.05, 0.1) is 26.2 Å². The van der Waals surface area contributed by atoms with E-state index in [0.29, 0.717) is 0 Å². The first-order valence-electron chi connectivity index (χ1n) is 4.94. The molecule has 0 N–H and O–H groups in total. The van der Waals surface area contributed by atoms with Gasteiger partial charge in [-0.2, -0.15) is 0 Å². The molecule has 2 amide bonds. The highest BCUT2D eigenvalue weighted by Gasteiger charge is 2.25. The lowest BCUT2D eigenvalue weighted by Gasteiger charge is -2.27. The molecule has 0 spiro atoms.